The van der Waals surface area contributed by atoms with Crippen molar-refractivity contribution in [3.8, 4) is 0 Å². The molecule has 17 heavy (non-hydrogen) atoms. The standard InChI is InChI=1S/C11H13Cl2N3S/c1-3-16-6-8(5-14-16)15-7(2)9-4-10(12)17-11(9)13/h4-7,15H,3H2,1-2H3. The van der Waals surface area contributed by atoms with E-state index in [0.717, 1.165) is 22.1 Å². The molecule has 0 aromatic carbocycles. The van der Waals surface area contributed by atoms with Crippen LogP contribution in [0.3, 0.4) is 0 Å². The van der Waals surface area contributed by atoms with E-state index >= 15 is 0 Å². The van der Waals surface area contributed by atoms with Gasteiger partial charge in [0.15, 0.2) is 0 Å². The molecular formula is C11H13Cl2N3S. The van der Waals surface area contributed by atoms with Crippen LogP contribution in [0.25, 0.3) is 0 Å². The monoisotopic (exact) mass is 289 g/mol. The van der Waals surface area contributed by atoms with E-state index in [9.17, 15) is 0 Å². The van der Waals surface area contributed by atoms with Crippen LogP contribution in [0.4, 0.5) is 5.69 Å². The van der Waals surface area contributed by atoms with Gasteiger partial charge in [-0.1, -0.05) is 23.2 Å². The molecule has 2 aromatic rings. The molecule has 0 radical (unpaired) electrons. The molecule has 0 aliphatic heterocycles. The summed E-state index contributed by atoms with van der Waals surface area (Å²) >= 11 is 13.4. The third-order valence-corrected chi connectivity index (χ3v) is 4.01. The minimum atomic E-state index is 0.112. The van der Waals surface area contributed by atoms with Crippen molar-refractivity contribution in [2.24, 2.45) is 0 Å². The van der Waals surface area contributed by atoms with E-state index in [1.807, 2.05) is 30.1 Å². The number of hydrogen-bond donors (Lipinski definition) is 1. The van der Waals surface area contributed by atoms with Crippen LogP contribution in [0.2, 0.25) is 8.67 Å². The van der Waals surface area contributed by atoms with E-state index in [-0.39, 0.29) is 6.04 Å². The zero-order valence-electron chi connectivity index (χ0n) is 9.58. The third-order valence-electron chi connectivity index (χ3n) is 2.49. The van der Waals surface area contributed by atoms with Crippen molar-refractivity contribution < 1.29 is 0 Å². The molecule has 3 nitrogen and oxygen atoms in total. The van der Waals surface area contributed by atoms with Crippen molar-refractivity contribution in [1.82, 2.24) is 9.78 Å². The maximum atomic E-state index is 6.11. The highest BCUT2D eigenvalue weighted by Crippen LogP contribution is 2.35. The lowest BCUT2D eigenvalue weighted by Crippen LogP contribution is -2.05. The van der Waals surface area contributed by atoms with Gasteiger partial charge in [0.1, 0.15) is 0 Å². The zero-order chi connectivity index (χ0) is 12.4. The number of nitrogens with zero attached hydrogens (tertiary/aromatic N) is 2. The van der Waals surface area contributed by atoms with Gasteiger partial charge in [-0.2, -0.15) is 5.10 Å². The third kappa shape index (κ3) is 2.94. The van der Waals surface area contributed by atoms with Crippen molar-refractivity contribution in [2.75, 3.05) is 5.32 Å². The molecule has 0 aliphatic rings. The minimum absolute atomic E-state index is 0.112. The maximum Gasteiger partial charge on any atom is 0.0996 e. The molecule has 0 aliphatic carbocycles. The Morgan fingerprint density at radius 3 is 2.82 bits per heavy atom. The van der Waals surface area contributed by atoms with Gasteiger partial charge in [0, 0.05) is 18.3 Å². The molecule has 0 spiro atoms. The fourth-order valence-corrected chi connectivity index (χ4v) is 3.23. The lowest BCUT2D eigenvalue weighted by molar-refractivity contribution is 0.660. The van der Waals surface area contributed by atoms with Gasteiger partial charge >= 0.3 is 0 Å². The van der Waals surface area contributed by atoms with Crippen LogP contribution in [-0.4, -0.2) is 9.78 Å². The number of rotatable bonds is 4. The Morgan fingerprint density at radius 2 is 2.29 bits per heavy atom. The second-order valence-corrected chi connectivity index (χ2v) is 6.02. The molecule has 1 atom stereocenters. The molecule has 6 heteroatoms. The molecular weight excluding hydrogens is 277 g/mol. The van der Waals surface area contributed by atoms with Crippen LogP contribution < -0.4 is 5.32 Å². The molecule has 2 aromatic heterocycles. The van der Waals surface area contributed by atoms with E-state index < -0.39 is 0 Å². The highest BCUT2D eigenvalue weighted by Gasteiger charge is 2.13. The number of anilines is 1. The van der Waals surface area contributed by atoms with E-state index in [2.05, 4.69) is 17.3 Å². The molecule has 92 valence electrons. The summed E-state index contributed by atoms with van der Waals surface area (Å²) in [6, 6.07) is 2.01. The highest BCUT2D eigenvalue weighted by atomic mass is 35.5. The van der Waals surface area contributed by atoms with E-state index in [4.69, 9.17) is 23.2 Å². The summed E-state index contributed by atoms with van der Waals surface area (Å²) in [5.41, 5.74) is 2.00. The molecule has 0 amide bonds. The minimum Gasteiger partial charge on any atom is -0.376 e. The first kappa shape index (κ1) is 12.7. The summed E-state index contributed by atoms with van der Waals surface area (Å²) in [5.74, 6) is 0. The van der Waals surface area contributed by atoms with Crippen molar-refractivity contribution in [2.45, 2.75) is 26.4 Å². The van der Waals surface area contributed by atoms with Gasteiger partial charge in [-0.05, 0) is 19.9 Å². The van der Waals surface area contributed by atoms with Gasteiger partial charge in [0.25, 0.3) is 0 Å². The number of nitrogens with one attached hydrogen (secondary N) is 1. The Morgan fingerprint density at radius 1 is 1.53 bits per heavy atom. The smallest absolute Gasteiger partial charge is 0.0996 e. The van der Waals surface area contributed by atoms with Crippen LogP contribution >= 0.6 is 34.5 Å². The molecule has 0 fully saturated rings. The Hall–Kier alpha value is -0.710. The van der Waals surface area contributed by atoms with Crippen LogP contribution in [0, 0.1) is 0 Å². The van der Waals surface area contributed by atoms with Crippen LogP contribution in [0.15, 0.2) is 18.5 Å². The summed E-state index contributed by atoms with van der Waals surface area (Å²) in [7, 11) is 0. The number of thiophene rings is 1. The average Bonchev–Trinajstić information content (AvgIpc) is 2.85. The second kappa shape index (κ2) is 5.29. The second-order valence-electron chi connectivity index (χ2n) is 3.73. The first-order valence-electron chi connectivity index (χ1n) is 5.34. The van der Waals surface area contributed by atoms with Gasteiger partial charge in [0.05, 0.1) is 26.6 Å². The van der Waals surface area contributed by atoms with Gasteiger partial charge in [0.2, 0.25) is 0 Å². The van der Waals surface area contributed by atoms with E-state index in [1.54, 1.807) is 0 Å². The lowest BCUT2D eigenvalue weighted by atomic mass is 10.2. The quantitative estimate of drug-likeness (QED) is 0.901. The molecule has 0 saturated carbocycles. The molecule has 0 saturated heterocycles. The average molecular weight is 290 g/mol. The summed E-state index contributed by atoms with van der Waals surface area (Å²) in [6.45, 7) is 4.96. The molecule has 0 bridgehead atoms. The lowest BCUT2D eigenvalue weighted by Gasteiger charge is -2.12. The SMILES string of the molecule is CCn1cc(NC(C)c2cc(Cl)sc2Cl)cn1. The van der Waals surface area contributed by atoms with Crippen LogP contribution in [0.5, 0.6) is 0 Å². The first-order valence-corrected chi connectivity index (χ1v) is 6.91. The van der Waals surface area contributed by atoms with Crippen molar-refractivity contribution in [3.05, 3.63) is 32.7 Å². The topological polar surface area (TPSA) is 29.9 Å². The summed E-state index contributed by atoms with van der Waals surface area (Å²) in [4.78, 5) is 0. The number of aryl methyl sites for hydroxylation is 1. The molecule has 1 N–H and O–H groups in total. The van der Waals surface area contributed by atoms with Crippen molar-refractivity contribution >= 4 is 40.2 Å². The Kier molecular flexibility index (Phi) is 3.97. The maximum absolute atomic E-state index is 6.11. The fourth-order valence-electron chi connectivity index (χ4n) is 1.59. The first-order chi connectivity index (χ1) is 8.10. The largest absolute Gasteiger partial charge is 0.376 e. The van der Waals surface area contributed by atoms with Crippen molar-refractivity contribution in [1.29, 1.82) is 0 Å². The van der Waals surface area contributed by atoms with E-state index in [1.165, 1.54) is 11.3 Å². The highest BCUT2D eigenvalue weighted by molar-refractivity contribution is 7.20. The predicted molar refractivity (Wildman–Crippen MR) is 74.3 cm³/mol. The normalized spacial score (nSPS) is 12.7. The van der Waals surface area contributed by atoms with Gasteiger partial charge < -0.3 is 5.32 Å². The Bertz CT molecular complexity index is 507. The molecule has 2 heterocycles. The molecule has 2 rings (SSSR count). The summed E-state index contributed by atoms with van der Waals surface area (Å²) in [5, 5.41) is 7.55. The fraction of sp³-hybridized carbons (Fsp3) is 0.364. The van der Waals surface area contributed by atoms with E-state index in [0.29, 0.717) is 4.34 Å². The van der Waals surface area contributed by atoms with Gasteiger partial charge in [-0.25, -0.2) is 0 Å². The van der Waals surface area contributed by atoms with Crippen LogP contribution in [0.1, 0.15) is 25.5 Å². The Balaban J connectivity index is 2.11. The summed E-state index contributed by atoms with van der Waals surface area (Å²) < 4.78 is 3.32. The molecule has 1 unspecified atom stereocenters. The predicted octanol–water partition coefficient (Wildman–Crippen LogP) is 4.44. The summed E-state index contributed by atoms with van der Waals surface area (Å²) in [6.07, 6.45) is 3.78. The van der Waals surface area contributed by atoms with Gasteiger partial charge in [-0.15, -0.1) is 11.3 Å². The number of hydrogen-bond acceptors (Lipinski definition) is 3. The number of aromatic nitrogens is 2. The zero-order valence-corrected chi connectivity index (χ0v) is 11.9. The van der Waals surface area contributed by atoms with Gasteiger partial charge in [-0.3, -0.25) is 4.68 Å². The number of halogens is 2. The Labute approximate surface area is 114 Å². The van der Waals surface area contributed by atoms with Crippen LogP contribution in [-0.2, 0) is 6.54 Å². The van der Waals surface area contributed by atoms with Crippen molar-refractivity contribution in [3.63, 3.8) is 0 Å².